The number of ether oxygens (including phenoxy) is 2. The molecule has 0 amide bonds. The molecule has 57 heavy (non-hydrogen) atoms. The molecule has 0 heterocycles. The third-order valence-electron chi connectivity index (χ3n) is 10.3. The summed E-state index contributed by atoms with van der Waals surface area (Å²) in [6, 6.07) is 0. The Hall–Kier alpha value is -1.28. The van der Waals surface area contributed by atoms with Crippen LogP contribution in [0.15, 0.2) is 36.5 Å². The highest BCUT2D eigenvalue weighted by molar-refractivity contribution is 7.47. The number of allylic oxidation sites excluding steroid dienone is 6. The Labute approximate surface area is 352 Å². The predicted octanol–water partition coefficient (Wildman–Crippen LogP) is 14.6. The van der Waals surface area contributed by atoms with Gasteiger partial charge in [0.05, 0.1) is 19.8 Å². The van der Waals surface area contributed by atoms with Crippen LogP contribution in [0.2, 0.25) is 0 Å². The SMILES string of the molecule is CCCCCC/C=C\C/C=C\CCCCCCCCOCC(COP(=O)(O)OCCN)OC(=O)CCCCCCCCCCC/C=C\CCCCCCCCCC. The molecule has 8 nitrogen and oxygen atoms in total. The monoisotopic (exact) mass is 826 g/mol. The van der Waals surface area contributed by atoms with Gasteiger partial charge >= 0.3 is 13.8 Å². The molecule has 0 saturated heterocycles. The number of phosphoric acid groups is 1. The van der Waals surface area contributed by atoms with Crippen molar-refractivity contribution in [1.29, 1.82) is 0 Å². The average molecular weight is 826 g/mol. The third-order valence-corrected chi connectivity index (χ3v) is 11.3. The molecule has 0 aliphatic carbocycles. The van der Waals surface area contributed by atoms with Crippen LogP contribution in [-0.2, 0) is 27.9 Å². The first-order chi connectivity index (χ1) is 27.9. The van der Waals surface area contributed by atoms with Crippen LogP contribution in [0.25, 0.3) is 0 Å². The van der Waals surface area contributed by atoms with Gasteiger partial charge in [0.2, 0.25) is 0 Å². The van der Waals surface area contributed by atoms with Crippen LogP contribution in [0.3, 0.4) is 0 Å². The first-order valence-corrected chi connectivity index (χ1v) is 25.5. The van der Waals surface area contributed by atoms with E-state index in [4.69, 9.17) is 24.3 Å². The number of phosphoric ester groups is 1. The van der Waals surface area contributed by atoms with Gasteiger partial charge in [-0.2, -0.15) is 0 Å². The highest BCUT2D eigenvalue weighted by Crippen LogP contribution is 2.43. The molecule has 0 aliphatic rings. The molecule has 0 aromatic heterocycles. The Morgan fingerprint density at radius 2 is 0.930 bits per heavy atom. The van der Waals surface area contributed by atoms with Gasteiger partial charge in [-0.3, -0.25) is 13.8 Å². The molecule has 0 saturated carbocycles. The number of nitrogens with two attached hydrogens (primary N) is 1. The number of hydrogen-bond acceptors (Lipinski definition) is 7. The van der Waals surface area contributed by atoms with Gasteiger partial charge in [-0.15, -0.1) is 0 Å². The molecule has 0 aromatic carbocycles. The van der Waals surface area contributed by atoms with E-state index in [0.29, 0.717) is 13.0 Å². The van der Waals surface area contributed by atoms with Gasteiger partial charge in [-0.05, 0) is 70.6 Å². The molecule has 0 aliphatic heterocycles. The van der Waals surface area contributed by atoms with Crippen LogP contribution in [0.5, 0.6) is 0 Å². The fourth-order valence-electron chi connectivity index (χ4n) is 6.73. The molecule has 3 N–H and O–H groups in total. The standard InChI is InChI=1S/C48H92NO7P/c1-3-5-7-9-11-13-15-17-19-21-22-23-24-25-27-29-31-33-35-37-39-41-48(50)56-47(46-55-57(51,52)54-44-42-49)45-53-43-40-38-36-34-32-30-28-26-20-18-16-14-12-10-8-6-4-2/h14,16,20-22,26,47H,3-13,15,17-19,23-25,27-46,49H2,1-2H3,(H,51,52)/b16-14-,22-21-,26-20-. The van der Waals surface area contributed by atoms with E-state index in [9.17, 15) is 14.3 Å². The van der Waals surface area contributed by atoms with Gasteiger partial charge in [0.1, 0.15) is 6.10 Å². The van der Waals surface area contributed by atoms with Crippen molar-refractivity contribution < 1.29 is 32.8 Å². The molecule has 0 rings (SSSR count). The maximum atomic E-state index is 12.6. The van der Waals surface area contributed by atoms with Crippen molar-refractivity contribution in [3.8, 4) is 0 Å². The van der Waals surface area contributed by atoms with Gasteiger partial charge in [0, 0.05) is 19.6 Å². The number of esters is 1. The lowest BCUT2D eigenvalue weighted by Crippen LogP contribution is -2.28. The van der Waals surface area contributed by atoms with Crippen LogP contribution >= 0.6 is 7.82 Å². The lowest BCUT2D eigenvalue weighted by Gasteiger charge is -2.20. The second kappa shape index (κ2) is 45.8. The molecule has 0 spiro atoms. The van der Waals surface area contributed by atoms with E-state index in [-0.39, 0.29) is 32.3 Å². The van der Waals surface area contributed by atoms with Crippen LogP contribution < -0.4 is 5.73 Å². The molecule has 0 aromatic rings. The topological polar surface area (TPSA) is 117 Å². The molecule has 0 radical (unpaired) electrons. The number of carbonyl (C=O) groups is 1. The van der Waals surface area contributed by atoms with Crippen molar-refractivity contribution in [2.24, 2.45) is 5.73 Å². The van der Waals surface area contributed by atoms with Crippen LogP contribution in [0.1, 0.15) is 226 Å². The lowest BCUT2D eigenvalue weighted by atomic mass is 10.1. The zero-order valence-electron chi connectivity index (χ0n) is 37.3. The van der Waals surface area contributed by atoms with E-state index in [0.717, 1.165) is 44.9 Å². The summed E-state index contributed by atoms with van der Waals surface area (Å²) in [6.07, 6.45) is 53.1. The Bertz CT molecular complexity index is 972. The Morgan fingerprint density at radius 1 is 0.526 bits per heavy atom. The minimum absolute atomic E-state index is 0.0978. The van der Waals surface area contributed by atoms with Crippen molar-refractivity contribution in [2.75, 3.05) is 33.0 Å². The molecule has 0 bridgehead atoms. The predicted molar refractivity (Wildman–Crippen MR) is 243 cm³/mol. The van der Waals surface area contributed by atoms with Gasteiger partial charge < -0.3 is 20.1 Å². The zero-order valence-corrected chi connectivity index (χ0v) is 38.2. The molecule has 2 atom stereocenters. The fraction of sp³-hybridized carbons (Fsp3) is 0.854. The van der Waals surface area contributed by atoms with Crippen molar-refractivity contribution >= 4 is 13.8 Å². The Balaban J connectivity index is 3.98. The summed E-state index contributed by atoms with van der Waals surface area (Å²) in [4.78, 5) is 22.5. The maximum absolute atomic E-state index is 12.6. The highest BCUT2D eigenvalue weighted by Gasteiger charge is 2.25. The van der Waals surface area contributed by atoms with Crippen LogP contribution in [0, 0.1) is 0 Å². The second-order valence-corrected chi connectivity index (χ2v) is 17.4. The first kappa shape index (κ1) is 55.7. The molecular formula is C48H92NO7P. The number of carbonyl (C=O) groups excluding carboxylic acids is 1. The van der Waals surface area contributed by atoms with Crippen molar-refractivity contribution in [3.63, 3.8) is 0 Å². The first-order valence-electron chi connectivity index (χ1n) is 24.0. The summed E-state index contributed by atoms with van der Waals surface area (Å²) >= 11 is 0. The summed E-state index contributed by atoms with van der Waals surface area (Å²) in [5.74, 6) is -0.334. The number of hydrogen-bond donors (Lipinski definition) is 2. The quantitative estimate of drug-likeness (QED) is 0.0270. The third kappa shape index (κ3) is 45.7. The number of unbranched alkanes of at least 4 members (excludes halogenated alkanes) is 27. The molecule has 336 valence electrons. The molecule has 2 unspecified atom stereocenters. The minimum Gasteiger partial charge on any atom is -0.457 e. The largest absolute Gasteiger partial charge is 0.472 e. The van der Waals surface area contributed by atoms with E-state index >= 15 is 0 Å². The van der Waals surface area contributed by atoms with Gasteiger partial charge in [-0.25, -0.2) is 4.57 Å². The van der Waals surface area contributed by atoms with Gasteiger partial charge in [-0.1, -0.05) is 185 Å². The van der Waals surface area contributed by atoms with E-state index in [2.05, 4.69) is 50.3 Å². The second-order valence-electron chi connectivity index (χ2n) is 16.0. The summed E-state index contributed by atoms with van der Waals surface area (Å²) in [5.41, 5.74) is 5.38. The van der Waals surface area contributed by atoms with E-state index in [1.54, 1.807) is 0 Å². The van der Waals surface area contributed by atoms with Crippen molar-refractivity contribution in [2.45, 2.75) is 232 Å². The maximum Gasteiger partial charge on any atom is 0.472 e. The summed E-state index contributed by atoms with van der Waals surface area (Å²) < 4.78 is 33.5. The van der Waals surface area contributed by atoms with Gasteiger partial charge in [0.25, 0.3) is 0 Å². The van der Waals surface area contributed by atoms with E-state index in [1.807, 2.05) is 0 Å². The van der Waals surface area contributed by atoms with E-state index < -0.39 is 13.9 Å². The number of rotatable bonds is 46. The average Bonchev–Trinajstić information content (AvgIpc) is 3.20. The molecule has 9 heteroatoms. The Morgan fingerprint density at radius 3 is 1.40 bits per heavy atom. The summed E-state index contributed by atoms with van der Waals surface area (Å²) in [6.45, 7) is 4.90. The van der Waals surface area contributed by atoms with Gasteiger partial charge in [0.15, 0.2) is 0 Å². The smallest absolute Gasteiger partial charge is 0.457 e. The summed E-state index contributed by atoms with van der Waals surface area (Å²) in [5, 5.41) is 0. The Kier molecular flexibility index (Phi) is 44.8. The zero-order chi connectivity index (χ0) is 41.6. The normalized spacial score (nSPS) is 13.7. The van der Waals surface area contributed by atoms with Crippen molar-refractivity contribution in [1.82, 2.24) is 0 Å². The minimum atomic E-state index is -4.28. The lowest BCUT2D eigenvalue weighted by molar-refractivity contribution is -0.154. The molecule has 0 fully saturated rings. The molecular weight excluding hydrogens is 734 g/mol. The highest BCUT2D eigenvalue weighted by atomic mass is 31.2. The van der Waals surface area contributed by atoms with Crippen molar-refractivity contribution in [3.05, 3.63) is 36.5 Å². The fourth-order valence-corrected chi connectivity index (χ4v) is 7.49. The van der Waals surface area contributed by atoms with E-state index in [1.165, 1.54) is 161 Å². The summed E-state index contributed by atoms with van der Waals surface area (Å²) in [7, 11) is -4.28. The van der Waals surface area contributed by atoms with Crippen LogP contribution in [0.4, 0.5) is 0 Å². The van der Waals surface area contributed by atoms with Crippen LogP contribution in [-0.4, -0.2) is 49.9 Å².